The molecule has 0 radical (unpaired) electrons. The zero-order valence-corrected chi connectivity index (χ0v) is 39.5. The van der Waals surface area contributed by atoms with Crippen molar-refractivity contribution >= 4 is 95.1 Å². The summed E-state index contributed by atoms with van der Waals surface area (Å²) in [6, 6.07) is 78.9. The van der Waals surface area contributed by atoms with Crippen LogP contribution in [0.25, 0.3) is 54.9 Å². The molecule has 0 atom stereocenters. The van der Waals surface area contributed by atoms with Gasteiger partial charge in [0.1, 0.15) is 13.7 Å². The summed E-state index contributed by atoms with van der Waals surface area (Å²) in [5, 5.41) is 10.4. The van der Waals surface area contributed by atoms with Crippen molar-refractivity contribution in [1.29, 1.82) is 0 Å². The van der Waals surface area contributed by atoms with Crippen LogP contribution in [-0.2, 0) is 26.5 Å². The Morgan fingerprint density at radius 1 is 0.500 bits per heavy atom. The largest absolute Gasteiger partial charge is 2.00 e. The average Bonchev–Trinajstić information content (AvgIpc) is 4.00. The molecule has 7 heteroatoms. The Balaban J connectivity index is 0.00000456. The monoisotopic (exact) mass is 1040 g/mol. The zero-order valence-electron chi connectivity index (χ0n) is 36.3. The molecule has 1 aliphatic rings. The van der Waals surface area contributed by atoms with Gasteiger partial charge in [-0.15, -0.1) is 34.8 Å². The summed E-state index contributed by atoms with van der Waals surface area (Å²) in [5.74, 6) is 0. The van der Waals surface area contributed by atoms with Crippen LogP contribution < -0.4 is 25.6 Å². The smallest absolute Gasteiger partial charge is 0.340 e. The third kappa shape index (κ3) is 5.68. The van der Waals surface area contributed by atoms with Crippen LogP contribution in [0.15, 0.2) is 213 Å². The molecule has 4 aromatic heterocycles. The van der Waals surface area contributed by atoms with Crippen molar-refractivity contribution in [2.24, 2.45) is 0 Å². The van der Waals surface area contributed by atoms with Gasteiger partial charge in [0, 0.05) is 51.5 Å². The normalized spacial score (nSPS) is 13.3. The van der Waals surface area contributed by atoms with E-state index in [4.69, 9.17) is 9.97 Å². The van der Waals surface area contributed by atoms with E-state index in [0.29, 0.717) is 0 Å². The maximum atomic E-state index is 5.19. The molecule has 5 heterocycles. The fraction of sp³-hybridized carbons (Fsp3) is 0.0508. The molecule has 0 amide bonds. The van der Waals surface area contributed by atoms with Gasteiger partial charge >= 0.3 is 21.1 Å². The van der Waals surface area contributed by atoms with Crippen LogP contribution in [0.1, 0.15) is 25.0 Å². The number of hydrogen-bond donors (Lipinski definition) is 0. The number of aromatic nitrogens is 4. The fourth-order valence-corrected chi connectivity index (χ4v) is 15.7. The predicted octanol–water partition coefficient (Wildman–Crippen LogP) is 11.2. The SMILES string of the molecule is CC1(C)c2ccccc2N(c2ccccc2)c2ccc3c4cccnc4n(-c4[c-]c([Si](c5[c-]c6c(cc5)c5ccccc5n5ccnc65)(c5ccccc5)c5ccccc5)ccc4)c3c21.[Pt+2]. The molecule has 0 saturated heterocycles. The van der Waals surface area contributed by atoms with E-state index in [1.165, 1.54) is 38.0 Å². The Morgan fingerprint density at radius 2 is 1.15 bits per heavy atom. The van der Waals surface area contributed by atoms with Gasteiger partial charge in [0.05, 0.1) is 22.5 Å². The van der Waals surface area contributed by atoms with Crippen LogP contribution in [0.2, 0.25) is 0 Å². The summed E-state index contributed by atoms with van der Waals surface area (Å²) in [6.45, 7) is 4.75. The molecular weight excluding hydrogens is 1000 g/mol. The van der Waals surface area contributed by atoms with Crippen LogP contribution in [0.4, 0.5) is 17.1 Å². The standard InChI is InChI=1S/C59H41N5Si.Pt/c1-59(2)51-28-13-15-30-53(51)63(40-18-6-3-7-19-40)54-34-33-48-49-27-17-35-60-58(49)64(56(48)55(54)59)41-20-16-25-44(38-41)65(42-21-8-4-9-22-42,43-23-10-5-11-24-43)45-31-32-46-47-26-12-14-29-52(47)62-37-36-61-57(62)50(46)39-45;/h3-37H,1-2H3;/q-2;+2. The summed E-state index contributed by atoms with van der Waals surface area (Å²) in [6.07, 6.45) is 5.88. The van der Waals surface area contributed by atoms with Crippen molar-refractivity contribution in [2.45, 2.75) is 19.3 Å². The van der Waals surface area contributed by atoms with Gasteiger partial charge in [-0.3, -0.25) is 4.98 Å². The molecule has 0 saturated carbocycles. The van der Waals surface area contributed by atoms with Crippen molar-refractivity contribution in [3.05, 3.63) is 236 Å². The number of rotatable bonds is 6. The van der Waals surface area contributed by atoms with Crippen molar-refractivity contribution < 1.29 is 21.1 Å². The molecule has 66 heavy (non-hydrogen) atoms. The summed E-state index contributed by atoms with van der Waals surface area (Å²) < 4.78 is 4.60. The van der Waals surface area contributed by atoms with E-state index in [-0.39, 0.29) is 26.5 Å². The van der Waals surface area contributed by atoms with E-state index < -0.39 is 8.07 Å². The molecule has 12 aromatic rings. The summed E-state index contributed by atoms with van der Waals surface area (Å²) in [5.41, 5.74) is 10.7. The van der Waals surface area contributed by atoms with E-state index in [1.807, 2.05) is 12.4 Å². The van der Waals surface area contributed by atoms with Crippen LogP contribution in [0.3, 0.4) is 0 Å². The van der Waals surface area contributed by atoms with Gasteiger partial charge in [0.15, 0.2) is 0 Å². The minimum Gasteiger partial charge on any atom is -0.340 e. The number of imidazole rings is 1. The molecular formula is C59H41N5PtSi. The van der Waals surface area contributed by atoms with E-state index in [9.17, 15) is 0 Å². The number of benzene rings is 8. The molecule has 0 bridgehead atoms. The Morgan fingerprint density at radius 3 is 1.94 bits per heavy atom. The molecule has 0 aliphatic carbocycles. The van der Waals surface area contributed by atoms with Crippen molar-refractivity contribution in [2.75, 3.05) is 4.90 Å². The van der Waals surface area contributed by atoms with Gasteiger partial charge < -0.3 is 13.9 Å². The van der Waals surface area contributed by atoms with E-state index in [2.05, 4.69) is 240 Å². The number of nitrogens with zero attached hydrogens (tertiary/aromatic N) is 5. The van der Waals surface area contributed by atoms with Crippen LogP contribution in [0, 0.1) is 12.1 Å². The Bertz CT molecular complexity index is 3780. The molecule has 0 fully saturated rings. The maximum absolute atomic E-state index is 5.19. The Kier molecular flexibility index (Phi) is 9.35. The molecule has 0 N–H and O–H groups in total. The first kappa shape index (κ1) is 40.2. The molecule has 1 aliphatic heterocycles. The third-order valence-electron chi connectivity index (χ3n) is 13.9. The predicted molar refractivity (Wildman–Crippen MR) is 270 cm³/mol. The quantitative estimate of drug-likeness (QED) is 0.0721. The second-order valence-electron chi connectivity index (χ2n) is 17.6. The zero-order chi connectivity index (χ0) is 43.3. The first-order valence-corrected chi connectivity index (χ1v) is 24.3. The van der Waals surface area contributed by atoms with Gasteiger partial charge in [-0.05, 0) is 63.8 Å². The van der Waals surface area contributed by atoms with Crippen LogP contribution in [0.5, 0.6) is 0 Å². The van der Waals surface area contributed by atoms with E-state index >= 15 is 0 Å². The number of para-hydroxylation sites is 3. The Hall–Kier alpha value is -7.37. The molecule has 316 valence electrons. The van der Waals surface area contributed by atoms with Gasteiger partial charge in [-0.25, -0.2) is 4.98 Å². The molecule has 5 nitrogen and oxygen atoms in total. The number of pyridine rings is 2. The summed E-state index contributed by atoms with van der Waals surface area (Å²) in [4.78, 5) is 12.6. The number of hydrogen-bond acceptors (Lipinski definition) is 3. The fourth-order valence-electron chi connectivity index (χ4n) is 11.1. The average molecular weight is 1040 g/mol. The topological polar surface area (TPSA) is 38.4 Å². The molecule has 8 aromatic carbocycles. The third-order valence-corrected chi connectivity index (χ3v) is 18.5. The van der Waals surface area contributed by atoms with Crippen molar-refractivity contribution in [1.82, 2.24) is 18.9 Å². The van der Waals surface area contributed by atoms with Crippen molar-refractivity contribution in [3.63, 3.8) is 0 Å². The Labute approximate surface area is 398 Å². The van der Waals surface area contributed by atoms with Gasteiger partial charge in [-0.2, -0.15) is 23.4 Å². The summed E-state index contributed by atoms with van der Waals surface area (Å²) >= 11 is 0. The minimum absolute atomic E-state index is 0. The second-order valence-corrected chi connectivity index (χ2v) is 21.3. The molecule has 0 spiro atoms. The first-order chi connectivity index (χ1) is 32.0. The van der Waals surface area contributed by atoms with E-state index in [0.717, 1.165) is 65.9 Å². The minimum atomic E-state index is -3.18. The summed E-state index contributed by atoms with van der Waals surface area (Å²) in [7, 11) is -3.18. The van der Waals surface area contributed by atoms with Gasteiger partial charge in [0.25, 0.3) is 0 Å². The first-order valence-electron chi connectivity index (χ1n) is 22.3. The molecule has 13 rings (SSSR count). The maximum Gasteiger partial charge on any atom is 2.00 e. The number of fused-ring (bicyclic) bond motifs is 12. The number of anilines is 3. The van der Waals surface area contributed by atoms with Crippen LogP contribution in [-0.4, -0.2) is 27.0 Å². The van der Waals surface area contributed by atoms with Gasteiger partial charge in [-0.1, -0.05) is 146 Å². The van der Waals surface area contributed by atoms with Gasteiger partial charge in [0.2, 0.25) is 0 Å². The molecule has 0 unspecified atom stereocenters. The van der Waals surface area contributed by atoms with E-state index in [1.54, 1.807) is 0 Å². The van der Waals surface area contributed by atoms with Crippen LogP contribution >= 0.6 is 0 Å². The van der Waals surface area contributed by atoms with Crippen molar-refractivity contribution in [3.8, 4) is 5.69 Å². The second kappa shape index (κ2) is 15.4.